The van der Waals surface area contributed by atoms with Gasteiger partial charge in [0.15, 0.2) is 11.7 Å². The third kappa shape index (κ3) is 3.92. The average Bonchev–Trinajstić information content (AvgIpc) is 3.12. The molecule has 1 aromatic carbocycles. The van der Waals surface area contributed by atoms with Gasteiger partial charge in [-0.15, -0.1) is 15.0 Å². The number of fused-ring (bicyclic) bond motifs is 2. The van der Waals surface area contributed by atoms with E-state index >= 15 is 0 Å². The Bertz CT molecular complexity index is 1140. The molecule has 3 aliphatic heterocycles. The first-order chi connectivity index (χ1) is 14.1. The first-order valence-corrected chi connectivity index (χ1v) is 10.3. The number of carbonyl (C=O) groups is 1. The van der Waals surface area contributed by atoms with Gasteiger partial charge in [-0.1, -0.05) is 6.07 Å². The van der Waals surface area contributed by atoms with Crippen molar-refractivity contribution in [2.45, 2.75) is 19.4 Å². The van der Waals surface area contributed by atoms with E-state index in [0.717, 1.165) is 0 Å². The van der Waals surface area contributed by atoms with Crippen molar-refractivity contribution < 1.29 is 17.9 Å². The molecule has 12 nitrogen and oxygen atoms in total. The molecule has 0 aromatic heterocycles. The van der Waals surface area contributed by atoms with Crippen LogP contribution in [0.4, 0.5) is 5.69 Å². The Labute approximate surface area is 172 Å². The Balaban J connectivity index is 1.45. The van der Waals surface area contributed by atoms with Crippen LogP contribution in [0.1, 0.15) is 19.4 Å². The monoisotopic (exact) mass is 432 g/mol. The fourth-order valence-electron chi connectivity index (χ4n) is 2.96. The van der Waals surface area contributed by atoms with Crippen LogP contribution in [0.3, 0.4) is 0 Å². The molecule has 3 aliphatic rings. The minimum absolute atomic E-state index is 0.0996. The third-order valence-electron chi connectivity index (χ3n) is 4.32. The molecule has 0 spiro atoms. The summed E-state index contributed by atoms with van der Waals surface area (Å²) in [6.45, 7) is 3.70. The quantitative estimate of drug-likeness (QED) is 0.413. The minimum Gasteiger partial charge on any atom is -0.490 e. The lowest BCUT2D eigenvalue weighted by Crippen LogP contribution is -2.48. The Morgan fingerprint density at radius 3 is 2.97 bits per heavy atom. The lowest BCUT2D eigenvalue weighted by Gasteiger charge is -2.28. The van der Waals surface area contributed by atoms with Crippen LogP contribution in [0.2, 0.25) is 0 Å². The van der Waals surface area contributed by atoms with Crippen molar-refractivity contribution in [2.24, 2.45) is 15.2 Å². The van der Waals surface area contributed by atoms with Crippen molar-refractivity contribution in [3.63, 3.8) is 0 Å². The normalized spacial score (nSPS) is 18.7. The molecule has 0 atom stereocenters. The number of hydrogen-bond acceptors (Lipinski definition) is 9. The highest BCUT2D eigenvalue weighted by Gasteiger charge is 2.28. The number of carbonyl (C=O) groups excluding carboxylic acids is 1. The van der Waals surface area contributed by atoms with E-state index in [-0.39, 0.29) is 24.0 Å². The maximum absolute atomic E-state index is 12.7. The van der Waals surface area contributed by atoms with Crippen LogP contribution >= 0.6 is 0 Å². The molecule has 3 heterocycles. The molecule has 4 rings (SSSR count). The Kier molecular flexibility index (Phi) is 4.63. The van der Waals surface area contributed by atoms with Gasteiger partial charge in [-0.05, 0) is 38.1 Å². The number of ether oxygens (including phenoxy) is 1. The van der Waals surface area contributed by atoms with Gasteiger partial charge < -0.3 is 15.8 Å². The second kappa shape index (κ2) is 7.03. The highest BCUT2D eigenvalue weighted by atomic mass is 32.2. The van der Waals surface area contributed by atoms with Gasteiger partial charge >= 0.3 is 10.2 Å². The van der Waals surface area contributed by atoms with E-state index in [2.05, 4.69) is 30.6 Å². The first-order valence-electron chi connectivity index (χ1n) is 8.88. The SMILES string of the molecule is CC(C)(COc1cccc2c1C(N)=NS(=O)(=O)N2)NC(=O)C1=CC2=NNNN2C=C1. The van der Waals surface area contributed by atoms with Crippen molar-refractivity contribution in [1.29, 1.82) is 0 Å². The second-order valence-corrected chi connectivity index (χ2v) is 8.67. The number of amides is 1. The van der Waals surface area contributed by atoms with E-state index in [0.29, 0.717) is 22.7 Å². The summed E-state index contributed by atoms with van der Waals surface area (Å²) in [6, 6.07) is 4.85. The van der Waals surface area contributed by atoms with Crippen LogP contribution in [0.5, 0.6) is 5.75 Å². The van der Waals surface area contributed by atoms with Gasteiger partial charge in [0.1, 0.15) is 12.4 Å². The van der Waals surface area contributed by atoms with E-state index in [1.807, 2.05) is 0 Å². The fraction of sp³-hybridized carbons (Fsp3) is 0.235. The van der Waals surface area contributed by atoms with Gasteiger partial charge in [-0.25, -0.2) is 10.5 Å². The van der Waals surface area contributed by atoms with E-state index in [1.54, 1.807) is 55.4 Å². The predicted octanol–water partition coefficient (Wildman–Crippen LogP) is -0.572. The Hall–Kier alpha value is -3.58. The summed E-state index contributed by atoms with van der Waals surface area (Å²) in [5, 5.41) is 8.54. The topological polar surface area (TPSA) is 163 Å². The summed E-state index contributed by atoms with van der Waals surface area (Å²) in [5.74, 6) is 0.453. The largest absolute Gasteiger partial charge is 0.490 e. The van der Waals surface area contributed by atoms with E-state index in [9.17, 15) is 13.2 Å². The highest BCUT2D eigenvalue weighted by molar-refractivity contribution is 7.91. The molecule has 0 saturated carbocycles. The number of nitrogens with one attached hydrogen (secondary N) is 4. The summed E-state index contributed by atoms with van der Waals surface area (Å²) >= 11 is 0. The molecule has 158 valence electrons. The molecule has 0 saturated heterocycles. The van der Waals surface area contributed by atoms with Crippen LogP contribution in [0.15, 0.2) is 51.6 Å². The molecule has 0 radical (unpaired) electrons. The number of amidine groups is 2. The molecular formula is C17H20N8O4S. The molecule has 0 bridgehead atoms. The molecule has 1 amide bonds. The third-order valence-corrected chi connectivity index (χ3v) is 5.23. The second-order valence-electron chi connectivity index (χ2n) is 7.34. The Morgan fingerprint density at radius 1 is 1.37 bits per heavy atom. The van der Waals surface area contributed by atoms with Crippen LogP contribution < -0.4 is 31.6 Å². The zero-order chi connectivity index (χ0) is 21.5. The zero-order valence-corrected chi connectivity index (χ0v) is 16.9. The summed E-state index contributed by atoms with van der Waals surface area (Å²) in [6.07, 6.45) is 4.97. The summed E-state index contributed by atoms with van der Waals surface area (Å²) in [5.41, 5.74) is 11.5. The number of rotatable bonds is 5. The van der Waals surface area contributed by atoms with Gasteiger partial charge in [-0.2, -0.15) is 8.42 Å². The number of hydrazone groups is 1. The lowest BCUT2D eigenvalue weighted by atomic mass is 10.0. The standard InChI is InChI=1S/C17H20N8O4S/c1-17(2,19-16(26)10-6-7-25-13(8-10)20-23-24-25)9-29-12-5-3-4-11-14(12)15(18)22-30(27,28)21-11/h3-8,21,23-24H,9H2,1-2H3,(H2,18,22)(H,19,26). The van der Waals surface area contributed by atoms with E-state index < -0.39 is 15.7 Å². The lowest BCUT2D eigenvalue weighted by molar-refractivity contribution is -0.119. The number of nitrogens with two attached hydrogens (primary N) is 1. The van der Waals surface area contributed by atoms with Crippen molar-refractivity contribution >= 4 is 33.5 Å². The molecule has 0 unspecified atom stereocenters. The maximum atomic E-state index is 12.7. The van der Waals surface area contributed by atoms with Gasteiger partial charge in [0.2, 0.25) is 0 Å². The minimum atomic E-state index is -3.87. The maximum Gasteiger partial charge on any atom is 0.344 e. The number of anilines is 1. The van der Waals surface area contributed by atoms with Crippen LogP contribution in [0.25, 0.3) is 0 Å². The van der Waals surface area contributed by atoms with E-state index in [4.69, 9.17) is 10.5 Å². The molecule has 0 aliphatic carbocycles. The van der Waals surface area contributed by atoms with Gasteiger partial charge in [0.05, 0.1) is 16.8 Å². The van der Waals surface area contributed by atoms with Gasteiger partial charge in [-0.3, -0.25) is 9.52 Å². The number of nitrogens with zero attached hydrogens (tertiary/aromatic N) is 3. The first kappa shape index (κ1) is 19.7. The Morgan fingerprint density at radius 2 is 2.17 bits per heavy atom. The van der Waals surface area contributed by atoms with Crippen molar-refractivity contribution in [3.05, 3.63) is 47.7 Å². The summed E-state index contributed by atoms with van der Waals surface area (Å²) < 4.78 is 35.0. The summed E-state index contributed by atoms with van der Waals surface area (Å²) in [7, 11) is -3.87. The molecule has 6 N–H and O–H groups in total. The predicted molar refractivity (Wildman–Crippen MR) is 110 cm³/mol. The van der Waals surface area contributed by atoms with Crippen molar-refractivity contribution in [1.82, 2.24) is 21.4 Å². The molecule has 30 heavy (non-hydrogen) atoms. The molecule has 13 heteroatoms. The van der Waals surface area contributed by atoms with Gasteiger partial charge in [0.25, 0.3) is 5.91 Å². The zero-order valence-electron chi connectivity index (χ0n) is 16.1. The average molecular weight is 432 g/mol. The van der Waals surface area contributed by atoms with Crippen molar-refractivity contribution in [3.8, 4) is 5.75 Å². The van der Waals surface area contributed by atoms with Crippen molar-refractivity contribution in [2.75, 3.05) is 11.3 Å². The van der Waals surface area contributed by atoms with E-state index in [1.165, 1.54) is 0 Å². The highest BCUT2D eigenvalue weighted by Crippen LogP contribution is 2.30. The fourth-order valence-corrected chi connectivity index (χ4v) is 3.80. The van der Waals surface area contributed by atoms with Crippen LogP contribution in [0, 0.1) is 0 Å². The molecule has 1 aromatic rings. The smallest absolute Gasteiger partial charge is 0.344 e. The number of benzene rings is 1. The molecular weight excluding hydrogens is 412 g/mol. The van der Waals surface area contributed by atoms with Crippen LogP contribution in [-0.2, 0) is 15.0 Å². The molecule has 0 fully saturated rings. The summed E-state index contributed by atoms with van der Waals surface area (Å²) in [4.78, 5) is 12.7. The number of hydrogen-bond donors (Lipinski definition) is 5. The van der Waals surface area contributed by atoms with Crippen LogP contribution in [-0.4, -0.2) is 43.2 Å². The van der Waals surface area contributed by atoms with Gasteiger partial charge in [0, 0.05) is 11.8 Å². The number of hydrazine groups is 2.